The number of aliphatic hydroxyl groups is 1. The van der Waals surface area contributed by atoms with Gasteiger partial charge in [-0.1, -0.05) is 52.9 Å². The van der Waals surface area contributed by atoms with Crippen LogP contribution in [0.15, 0.2) is 0 Å². The number of unbranched alkanes of at least 4 members (excludes halogenated alkanes) is 5. The van der Waals surface area contributed by atoms with Gasteiger partial charge in [0.25, 0.3) is 0 Å². The summed E-state index contributed by atoms with van der Waals surface area (Å²) in [6.07, 6.45) is 7.27. The molecule has 4 nitrogen and oxygen atoms in total. The molecule has 0 aliphatic heterocycles. The lowest BCUT2D eigenvalue weighted by molar-refractivity contribution is 0.0353. The first-order valence-electron chi connectivity index (χ1n) is 8.93. The lowest BCUT2D eigenvalue weighted by Gasteiger charge is -2.19. The van der Waals surface area contributed by atoms with Gasteiger partial charge in [-0.05, 0) is 19.5 Å². The summed E-state index contributed by atoms with van der Waals surface area (Å²) in [6, 6.07) is 0. The SMILES string of the molecule is CCCCCCCCOCC(O)CNCCN(CC)CC. The molecule has 0 bridgehead atoms. The topological polar surface area (TPSA) is 44.7 Å². The minimum Gasteiger partial charge on any atom is -0.389 e. The highest BCUT2D eigenvalue weighted by molar-refractivity contribution is 4.61. The largest absolute Gasteiger partial charge is 0.389 e. The Labute approximate surface area is 132 Å². The zero-order valence-corrected chi connectivity index (χ0v) is 14.6. The Morgan fingerprint density at radius 2 is 1.67 bits per heavy atom. The molecule has 0 radical (unpaired) electrons. The molecule has 0 aliphatic rings. The number of ether oxygens (including phenoxy) is 1. The summed E-state index contributed by atoms with van der Waals surface area (Å²) in [5.41, 5.74) is 0. The third-order valence-electron chi connectivity index (χ3n) is 3.83. The van der Waals surface area contributed by atoms with Crippen LogP contribution in [0.2, 0.25) is 0 Å². The molecule has 0 spiro atoms. The zero-order chi connectivity index (χ0) is 15.8. The molecule has 1 unspecified atom stereocenters. The molecule has 0 aliphatic carbocycles. The molecule has 0 saturated carbocycles. The molecule has 0 saturated heterocycles. The fourth-order valence-corrected chi connectivity index (χ4v) is 2.31. The second kappa shape index (κ2) is 16.2. The summed E-state index contributed by atoms with van der Waals surface area (Å²) < 4.78 is 5.52. The van der Waals surface area contributed by atoms with Gasteiger partial charge in [0.2, 0.25) is 0 Å². The molecule has 0 rings (SSSR count). The predicted molar refractivity (Wildman–Crippen MR) is 90.9 cm³/mol. The van der Waals surface area contributed by atoms with E-state index in [1.807, 2.05) is 0 Å². The van der Waals surface area contributed by atoms with Gasteiger partial charge in [0, 0.05) is 26.2 Å². The molecular formula is C17H38N2O2. The van der Waals surface area contributed by atoms with E-state index in [9.17, 15) is 5.11 Å². The second-order valence-corrected chi connectivity index (χ2v) is 5.73. The number of rotatable bonds is 16. The Kier molecular flexibility index (Phi) is 16.1. The van der Waals surface area contributed by atoms with E-state index in [1.54, 1.807) is 0 Å². The van der Waals surface area contributed by atoms with Crippen LogP contribution < -0.4 is 5.32 Å². The number of nitrogens with zero attached hydrogens (tertiary/aromatic N) is 1. The summed E-state index contributed by atoms with van der Waals surface area (Å²) in [7, 11) is 0. The van der Waals surface area contributed by atoms with Crippen LogP contribution in [0.3, 0.4) is 0 Å². The third kappa shape index (κ3) is 14.5. The van der Waals surface area contributed by atoms with Crippen LogP contribution >= 0.6 is 0 Å². The van der Waals surface area contributed by atoms with E-state index in [4.69, 9.17) is 4.74 Å². The van der Waals surface area contributed by atoms with E-state index < -0.39 is 0 Å². The van der Waals surface area contributed by atoms with Gasteiger partial charge in [0.15, 0.2) is 0 Å². The molecule has 0 fully saturated rings. The Bertz CT molecular complexity index is 199. The molecular weight excluding hydrogens is 264 g/mol. The molecule has 128 valence electrons. The summed E-state index contributed by atoms with van der Waals surface area (Å²) in [4.78, 5) is 2.37. The molecule has 0 amide bonds. The molecule has 1 atom stereocenters. The monoisotopic (exact) mass is 302 g/mol. The van der Waals surface area contributed by atoms with Crippen LogP contribution in [0, 0.1) is 0 Å². The van der Waals surface area contributed by atoms with E-state index in [2.05, 4.69) is 31.0 Å². The van der Waals surface area contributed by atoms with Crippen molar-refractivity contribution in [3.63, 3.8) is 0 Å². The lowest BCUT2D eigenvalue weighted by Crippen LogP contribution is -2.36. The van der Waals surface area contributed by atoms with Gasteiger partial charge in [0.1, 0.15) is 0 Å². The predicted octanol–water partition coefficient (Wildman–Crippen LogP) is 2.66. The first kappa shape index (κ1) is 20.8. The Morgan fingerprint density at radius 3 is 2.33 bits per heavy atom. The maximum Gasteiger partial charge on any atom is 0.0897 e. The van der Waals surface area contributed by atoms with E-state index >= 15 is 0 Å². The van der Waals surface area contributed by atoms with E-state index in [0.717, 1.165) is 39.2 Å². The Hall–Kier alpha value is -0.160. The number of hydrogen-bond acceptors (Lipinski definition) is 4. The smallest absolute Gasteiger partial charge is 0.0897 e. The van der Waals surface area contributed by atoms with E-state index in [1.165, 1.54) is 32.1 Å². The normalized spacial score (nSPS) is 13.0. The lowest BCUT2D eigenvalue weighted by atomic mass is 10.1. The van der Waals surface area contributed by atoms with Crippen molar-refractivity contribution < 1.29 is 9.84 Å². The van der Waals surface area contributed by atoms with Crippen molar-refractivity contribution in [2.75, 3.05) is 45.9 Å². The van der Waals surface area contributed by atoms with Gasteiger partial charge in [-0.25, -0.2) is 0 Å². The fourth-order valence-electron chi connectivity index (χ4n) is 2.31. The highest BCUT2D eigenvalue weighted by Gasteiger charge is 2.04. The van der Waals surface area contributed by atoms with E-state index in [-0.39, 0.29) is 6.10 Å². The molecule has 0 aromatic carbocycles. The molecule has 2 N–H and O–H groups in total. The minimum atomic E-state index is -0.387. The quantitative estimate of drug-likeness (QED) is 0.430. The Morgan fingerprint density at radius 1 is 1.00 bits per heavy atom. The zero-order valence-electron chi connectivity index (χ0n) is 14.6. The van der Waals surface area contributed by atoms with Gasteiger partial charge in [-0.3, -0.25) is 0 Å². The van der Waals surface area contributed by atoms with Crippen LogP contribution in [-0.2, 0) is 4.74 Å². The van der Waals surface area contributed by atoms with Crippen LogP contribution in [0.5, 0.6) is 0 Å². The maximum atomic E-state index is 9.80. The average molecular weight is 303 g/mol. The molecule has 0 aromatic rings. The Balaban J connectivity index is 3.25. The van der Waals surface area contributed by atoms with Crippen molar-refractivity contribution in [1.29, 1.82) is 0 Å². The fraction of sp³-hybridized carbons (Fsp3) is 1.00. The number of aliphatic hydroxyl groups excluding tert-OH is 1. The van der Waals surface area contributed by atoms with Gasteiger partial charge in [0.05, 0.1) is 12.7 Å². The van der Waals surface area contributed by atoms with Crippen molar-refractivity contribution in [3.05, 3.63) is 0 Å². The van der Waals surface area contributed by atoms with Crippen molar-refractivity contribution in [2.45, 2.75) is 65.4 Å². The van der Waals surface area contributed by atoms with Crippen molar-refractivity contribution in [1.82, 2.24) is 10.2 Å². The molecule has 21 heavy (non-hydrogen) atoms. The standard InChI is InChI=1S/C17H38N2O2/c1-4-7-8-9-10-11-14-21-16-17(20)15-18-12-13-19(5-2)6-3/h17-18,20H,4-16H2,1-3H3. The summed E-state index contributed by atoms with van der Waals surface area (Å²) >= 11 is 0. The molecule has 0 heterocycles. The van der Waals surface area contributed by atoms with Crippen LogP contribution in [-0.4, -0.2) is 62.0 Å². The van der Waals surface area contributed by atoms with Gasteiger partial charge in [-0.15, -0.1) is 0 Å². The number of nitrogens with one attached hydrogen (secondary N) is 1. The number of hydrogen-bond donors (Lipinski definition) is 2. The van der Waals surface area contributed by atoms with Gasteiger partial charge < -0.3 is 20.1 Å². The summed E-state index contributed by atoms with van der Waals surface area (Å²) in [5, 5.41) is 13.1. The van der Waals surface area contributed by atoms with Gasteiger partial charge in [-0.2, -0.15) is 0 Å². The summed E-state index contributed by atoms with van der Waals surface area (Å²) in [6.45, 7) is 12.6. The molecule has 4 heteroatoms. The summed E-state index contributed by atoms with van der Waals surface area (Å²) in [5.74, 6) is 0. The average Bonchev–Trinajstić information content (AvgIpc) is 2.50. The van der Waals surface area contributed by atoms with E-state index in [0.29, 0.717) is 13.2 Å². The highest BCUT2D eigenvalue weighted by Crippen LogP contribution is 2.04. The van der Waals surface area contributed by atoms with Crippen molar-refractivity contribution in [2.24, 2.45) is 0 Å². The number of likely N-dealkylation sites (N-methyl/N-ethyl adjacent to an activating group) is 1. The van der Waals surface area contributed by atoms with Crippen molar-refractivity contribution in [3.8, 4) is 0 Å². The minimum absolute atomic E-state index is 0.387. The molecule has 0 aromatic heterocycles. The first-order valence-corrected chi connectivity index (χ1v) is 8.93. The maximum absolute atomic E-state index is 9.80. The van der Waals surface area contributed by atoms with Crippen LogP contribution in [0.1, 0.15) is 59.3 Å². The van der Waals surface area contributed by atoms with Crippen molar-refractivity contribution >= 4 is 0 Å². The van der Waals surface area contributed by atoms with Crippen LogP contribution in [0.25, 0.3) is 0 Å². The third-order valence-corrected chi connectivity index (χ3v) is 3.83. The van der Waals surface area contributed by atoms with Gasteiger partial charge >= 0.3 is 0 Å². The van der Waals surface area contributed by atoms with Crippen LogP contribution in [0.4, 0.5) is 0 Å². The second-order valence-electron chi connectivity index (χ2n) is 5.73. The first-order chi connectivity index (χ1) is 10.2. The highest BCUT2D eigenvalue weighted by atomic mass is 16.5.